The molecular weight excluding hydrogens is 263 g/mol. The fraction of sp³-hybridized carbons (Fsp3) is 0.500. The van der Waals surface area contributed by atoms with Gasteiger partial charge in [-0.15, -0.1) is 0 Å². The van der Waals surface area contributed by atoms with Crippen LogP contribution in [-0.2, 0) is 9.53 Å². The number of carbonyl (C=O) groups excluding carboxylic acids is 1. The molecule has 1 amide bonds. The lowest BCUT2D eigenvalue weighted by atomic mass is 10.1. The van der Waals surface area contributed by atoms with Gasteiger partial charge in [0.25, 0.3) is 5.91 Å². The summed E-state index contributed by atoms with van der Waals surface area (Å²) < 4.78 is 23.9. The summed E-state index contributed by atoms with van der Waals surface area (Å²) in [7, 11) is 0. The Morgan fingerprint density at radius 3 is 2.85 bits per heavy atom. The van der Waals surface area contributed by atoms with E-state index in [1.165, 1.54) is 18.2 Å². The van der Waals surface area contributed by atoms with Crippen molar-refractivity contribution in [3.63, 3.8) is 0 Å². The minimum atomic E-state index is -0.371. The van der Waals surface area contributed by atoms with Gasteiger partial charge in [-0.1, -0.05) is 0 Å². The minimum Gasteiger partial charge on any atom is -0.483 e. The second-order valence-corrected chi connectivity index (χ2v) is 4.75. The Morgan fingerprint density at radius 2 is 2.20 bits per heavy atom. The zero-order chi connectivity index (χ0) is 14.5. The fourth-order valence-corrected chi connectivity index (χ4v) is 2.05. The van der Waals surface area contributed by atoms with E-state index in [-0.39, 0.29) is 24.4 Å². The highest BCUT2D eigenvalue weighted by atomic mass is 19.1. The monoisotopic (exact) mass is 282 g/mol. The summed E-state index contributed by atoms with van der Waals surface area (Å²) in [6.07, 6.45) is 0. The Labute approximate surface area is 117 Å². The van der Waals surface area contributed by atoms with Crippen LogP contribution in [0.3, 0.4) is 0 Å². The van der Waals surface area contributed by atoms with E-state index in [2.05, 4.69) is 0 Å². The minimum absolute atomic E-state index is 0.0780. The third kappa shape index (κ3) is 3.68. The van der Waals surface area contributed by atoms with Crippen molar-refractivity contribution >= 4 is 5.91 Å². The number of nitrogens with zero attached hydrogens (tertiary/aromatic N) is 1. The molecule has 1 aliphatic heterocycles. The maximum absolute atomic E-state index is 13.2. The van der Waals surface area contributed by atoms with Gasteiger partial charge < -0.3 is 20.1 Å². The maximum atomic E-state index is 13.2. The highest BCUT2D eigenvalue weighted by Gasteiger charge is 2.18. The van der Waals surface area contributed by atoms with Gasteiger partial charge in [-0.2, -0.15) is 0 Å². The quantitative estimate of drug-likeness (QED) is 0.897. The lowest BCUT2D eigenvalue weighted by Gasteiger charge is -2.27. The molecule has 0 unspecified atom stereocenters. The Morgan fingerprint density at radius 1 is 1.50 bits per heavy atom. The second-order valence-electron chi connectivity index (χ2n) is 4.75. The summed E-state index contributed by atoms with van der Waals surface area (Å²) in [5, 5.41) is 0. The third-order valence-corrected chi connectivity index (χ3v) is 3.18. The van der Waals surface area contributed by atoms with Crippen LogP contribution in [0.1, 0.15) is 18.5 Å². The van der Waals surface area contributed by atoms with Gasteiger partial charge >= 0.3 is 0 Å². The molecule has 2 rings (SSSR count). The molecule has 1 saturated heterocycles. The SMILES string of the molecule is C[C@@H](N)c1cc(F)ccc1OCC(=O)N1CCOCC1. The van der Waals surface area contributed by atoms with Crippen molar-refractivity contribution in [3.05, 3.63) is 29.6 Å². The van der Waals surface area contributed by atoms with Crippen molar-refractivity contribution in [2.75, 3.05) is 32.9 Å². The molecule has 20 heavy (non-hydrogen) atoms. The molecule has 0 bridgehead atoms. The summed E-state index contributed by atoms with van der Waals surface area (Å²) in [6, 6.07) is 3.76. The molecule has 1 fully saturated rings. The van der Waals surface area contributed by atoms with Gasteiger partial charge in [0, 0.05) is 24.7 Å². The first kappa shape index (κ1) is 14.7. The largest absolute Gasteiger partial charge is 0.483 e. The number of ether oxygens (including phenoxy) is 2. The molecule has 1 heterocycles. The Balaban J connectivity index is 1.98. The molecular formula is C14H19FN2O3. The van der Waals surface area contributed by atoms with E-state index in [9.17, 15) is 9.18 Å². The van der Waals surface area contributed by atoms with Crippen molar-refractivity contribution in [1.82, 2.24) is 4.90 Å². The van der Waals surface area contributed by atoms with Gasteiger partial charge in [-0.3, -0.25) is 4.79 Å². The van der Waals surface area contributed by atoms with E-state index in [1.807, 2.05) is 0 Å². The zero-order valence-corrected chi connectivity index (χ0v) is 11.5. The number of carbonyl (C=O) groups is 1. The van der Waals surface area contributed by atoms with Crippen LogP contribution >= 0.6 is 0 Å². The average Bonchev–Trinajstić information content (AvgIpc) is 2.46. The lowest BCUT2D eigenvalue weighted by Crippen LogP contribution is -2.43. The number of hydrogen-bond acceptors (Lipinski definition) is 4. The van der Waals surface area contributed by atoms with E-state index in [0.717, 1.165) is 0 Å². The van der Waals surface area contributed by atoms with Crippen LogP contribution in [0.25, 0.3) is 0 Å². The molecule has 1 aliphatic rings. The van der Waals surface area contributed by atoms with E-state index in [1.54, 1.807) is 11.8 Å². The third-order valence-electron chi connectivity index (χ3n) is 3.18. The molecule has 1 atom stereocenters. The summed E-state index contributed by atoms with van der Waals surface area (Å²) in [5.41, 5.74) is 6.33. The van der Waals surface area contributed by atoms with Crippen LogP contribution in [0.15, 0.2) is 18.2 Å². The van der Waals surface area contributed by atoms with Crippen molar-refractivity contribution in [3.8, 4) is 5.75 Å². The molecule has 0 aromatic heterocycles. The summed E-state index contributed by atoms with van der Waals surface area (Å²) in [6.45, 7) is 3.91. The van der Waals surface area contributed by atoms with Gasteiger partial charge in [0.2, 0.25) is 0 Å². The van der Waals surface area contributed by atoms with Crippen LogP contribution in [0.5, 0.6) is 5.75 Å². The zero-order valence-electron chi connectivity index (χ0n) is 11.5. The molecule has 5 nitrogen and oxygen atoms in total. The van der Waals surface area contributed by atoms with Crippen LogP contribution in [0, 0.1) is 5.82 Å². The molecule has 0 spiro atoms. The van der Waals surface area contributed by atoms with Crippen LogP contribution in [0.4, 0.5) is 4.39 Å². The maximum Gasteiger partial charge on any atom is 0.260 e. The highest BCUT2D eigenvalue weighted by Crippen LogP contribution is 2.24. The van der Waals surface area contributed by atoms with E-state index < -0.39 is 0 Å². The van der Waals surface area contributed by atoms with Gasteiger partial charge in [0.15, 0.2) is 6.61 Å². The number of morpholine rings is 1. The predicted octanol–water partition coefficient (Wildman–Crippen LogP) is 1.08. The molecule has 1 aromatic rings. The van der Waals surface area contributed by atoms with Gasteiger partial charge in [-0.25, -0.2) is 4.39 Å². The number of hydrogen-bond donors (Lipinski definition) is 1. The fourth-order valence-electron chi connectivity index (χ4n) is 2.05. The first-order valence-corrected chi connectivity index (χ1v) is 6.61. The van der Waals surface area contributed by atoms with Crippen molar-refractivity contribution in [1.29, 1.82) is 0 Å². The van der Waals surface area contributed by atoms with Crippen molar-refractivity contribution < 1.29 is 18.7 Å². The number of halogens is 1. The normalized spacial score (nSPS) is 16.9. The Bertz CT molecular complexity index is 473. The molecule has 0 aliphatic carbocycles. The first-order valence-electron chi connectivity index (χ1n) is 6.61. The smallest absolute Gasteiger partial charge is 0.260 e. The average molecular weight is 282 g/mol. The lowest BCUT2D eigenvalue weighted by molar-refractivity contribution is -0.137. The van der Waals surface area contributed by atoms with Gasteiger partial charge in [0.05, 0.1) is 13.2 Å². The number of rotatable bonds is 4. The topological polar surface area (TPSA) is 64.8 Å². The molecule has 110 valence electrons. The van der Waals surface area contributed by atoms with Gasteiger partial charge in [-0.05, 0) is 25.1 Å². The molecule has 0 radical (unpaired) electrons. The summed E-state index contributed by atoms with van der Waals surface area (Å²) in [5.74, 6) is -0.0274. The van der Waals surface area contributed by atoms with Crippen LogP contribution in [0.2, 0.25) is 0 Å². The molecule has 1 aromatic carbocycles. The van der Waals surface area contributed by atoms with E-state index in [0.29, 0.717) is 37.6 Å². The van der Waals surface area contributed by atoms with Crippen LogP contribution in [-0.4, -0.2) is 43.7 Å². The van der Waals surface area contributed by atoms with Crippen molar-refractivity contribution in [2.45, 2.75) is 13.0 Å². The van der Waals surface area contributed by atoms with Crippen molar-refractivity contribution in [2.24, 2.45) is 5.73 Å². The number of benzene rings is 1. The standard InChI is InChI=1S/C14H19FN2O3/c1-10(16)12-8-11(15)2-3-13(12)20-9-14(18)17-4-6-19-7-5-17/h2-3,8,10H,4-7,9,16H2,1H3/t10-/m1/s1. The van der Waals surface area contributed by atoms with Crippen LogP contribution < -0.4 is 10.5 Å². The summed E-state index contributed by atoms with van der Waals surface area (Å²) >= 11 is 0. The predicted molar refractivity (Wildman–Crippen MR) is 71.9 cm³/mol. The Kier molecular flexibility index (Phi) is 4.92. The van der Waals surface area contributed by atoms with E-state index >= 15 is 0 Å². The molecule has 0 saturated carbocycles. The number of nitrogens with two attached hydrogens (primary N) is 1. The summed E-state index contributed by atoms with van der Waals surface area (Å²) in [4.78, 5) is 13.7. The molecule has 2 N–H and O–H groups in total. The second kappa shape index (κ2) is 6.67. The first-order chi connectivity index (χ1) is 9.58. The molecule has 6 heteroatoms. The highest BCUT2D eigenvalue weighted by molar-refractivity contribution is 5.77. The number of amides is 1. The van der Waals surface area contributed by atoms with Gasteiger partial charge in [0.1, 0.15) is 11.6 Å². The van der Waals surface area contributed by atoms with E-state index in [4.69, 9.17) is 15.2 Å². The Hall–Kier alpha value is -1.66.